The van der Waals surface area contributed by atoms with Gasteiger partial charge in [-0.15, -0.1) is 0 Å². The fourth-order valence-corrected chi connectivity index (χ4v) is 4.61. The standard InChI is InChI=1S/C17H21FO7/c1-21-10-7-11(19)17(24-4,25-5)14-8-6-9(18)12(13(10)14)15(20)16(8,22-2)23-3/h6-8,12-14H,1-5H3/t8?,12?,13-,14+/m0/s1. The van der Waals surface area contributed by atoms with Crippen LogP contribution in [0.15, 0.2) is 23.7 Å². The Morgan fingerprint density at radius 1 is 0.960 bits per heavy atom. The average Bonchev–Trinajstić information content (AvgIpc) is 2.62. The third-order valence-corrected chi connectivity index (χ3v) is 5.67. The first-order chi connectivity index (χ1) is 11.9. The highest BCUT2D eigenvalue weighted by atomic mass is 19.1. The number of rotatable bonds is 5. The molecule has 0 aliphatic heterocycles. The SMILES string of the molecule is COC1=CC(=O)C(OC)(OC)[C@@H]2C3C=C(F)C(C(=O)C3(OC)OC)[C@H]12. The van der Waals surface area contributed by atoms with E-state index < -0.39 is 52.6 Å². The van der Waals surface area contributed by atoms with E-state index in [1.807, 2.05) is 0 Å². The number of carbonyl (C=O) groups excluding carboxylic acids is 2. The number of hydrogen-bond donors (Lipinski definition) is 0. The molecular weight excluding hydrogens is 335 g/mol. The van der Waals surface area contributed by atoms with Gasteiger partial charge in [0.25, 0.3) is 0 Å². The van der Waals surface area contributed by atoms with Crippen molar-refractivity contribution in [2.45, 2.75) is 11.6 Å². The van der Waals surface area contributed by atoms with Crippen LogP contribution >= 0.6 is 0 Å². The number of allylic oxidation sites excluding steroid dienone is 2. The Morgan fingerprint density at radius 2 is 1.52 bits per heavy atom. The summed E-state index contributed by atoms with van der Waals surface area (Å²) in [7, 11) is 6.64. The molecule has 1 fully saturated rings. The molecule has 7 nitrogen and oxygen atoms in total. The van der Waals surface area contributed by atoms with E-state index >= 15 is 0 Å². The normalized spacial score (nSPS) is 35.1. The van der Waals surface area contributed by atoms with Crippen molar-refractivity contribution in [3.8, 4) is 0 Å². The molecule has 2 bridgehead atoms. The number of ether oxygens (including phenoxy) is 5. The zero-order valence-electron chi connectivity index (χ0n) is 14.7. The maximum atomic E-state index is 14.7. The van der Waals surface area contributed by atoms with Crippen molar-refractivity contribution in [2.75, 3.05) is 35.5 Å². The Hall–Kier alpha value is -1.61. The van der Waals surface area contributed by atoms with Gasteiger partial charge in [-0.2, -0.15) is 0 Å². The van der Waals surface area contributed by atoms with E-state index in [-0.39, 0.29) is 5.76 Å². The minimum absolute atomic E-state index is 0.215. The molecule has 8 heteroatoms. The van der Waals surface area contributed by atoms with E-state index in [4.69, 9.17) is 23.7 Å². The molecule has 4 aliphatic carbocycles. The molecule has 0 aromatic heterocycles. The van der Waals surface area contributed by atoms with E-state index in [0.717, 1.165) is 0 Å². The largest absolute Gasteiger partial charge is 0.501 e. The summed E-state index contributed by atoms with van der Waals surface area (Å²) in [5.74, 6) is -8.51. The van der Waals surface area contributed by atoms with Gasteiger partial charge in [-0.1, -0.05) is 0 Å². The van der Waals surface area contributed by atoms with Crippen molar-refractivity contribution in [1.29, 1.82) is 0 Å². The second kappa shape index (κ2) is 5.98. The fourth-order valence-electron chi connectivity index (χ4n) is 4.61. The molecule has 0 saturated heterocycles. The van der Waals surface area contributed by atoms with Gasteiger partial charge in [0.2, 0.25) is 23.1 Å². The zero-order valence-corrected chi connectivity index (χ0v) is 14.7. The monoisotopic (exact) mass is 356 g/mol. The zero-order chi connectivity index (χ0) is 18.6. The lowest BCUT2D eigenvalue weighted by Gasteiger charge is -2.57. The smallest absolute Gasteiger partial charge is 0.237 e. The van der Waals surface area contributed by atoms with Crippen LogP contribution in [0.4, 0.5) is 4.39 Å². The summed E-state index contributed by atoms with van der Waals surface area (Å²) in [5, 5.41) is 0. The molecule has 4 rings (SSSR count). The van der Waals surface area contributed by atoms with E-state index in [9.17, 15) is 14.0 Å². The fraction of sp³-hybridized carbons (Fsp3) is 0.647. The van der Waals surface area contributed by atoms with Gasteiger partial charge in [0, 0.05) is 46.4 Å². The van der Waals surface area contributed by atoms with Crippen LogP contribution in [0.5, 0.6) is 0 Å². The molecule has 138 valence electrons. The first-order valence-electron chi connectivity index (χ1n) is 7.80. The first-order valence-corrected chi connectivity index (χ1v) is 7.80. The lowest BCUT2D eigenvalue weighted by atomic mass is 9.53. The van der Waals surface area contributed by atoms with Crippen molar-refractivity contribution < 1.29 is 37.7 Å². The van der Waals surface area contributed by atoms with E-state index in [0.29, 0.717) is 0 Å². The van der Waals surface area contributed by atoms with Gasteiger partial charge in [0.05, 0.1) is 18.9 Å². The highest BCUT2D eigenvalue weighted by Crippen LogP contribution is 2.60. The number of halogens is 1. The number of carbonyl (C=O) groups is 2. The second-order valence-electron chi connectivity index (χ2n) is 6.24. The van der Waals surface area contributed by atoms with E-state index in [1.165, 1.54) is 47.7 Å². The molecule has 0 aromatic carbocycles. The summed E-state index contributed by atoms with van der Waals surface area (Å²) in [6.07, 6.45) is 2.47. The molecule has 0 radical (unpaired) electrons. The Kier molecular flexibility index (Phi) is 4.35. The minimum atomic E-state index is -1.72. The summed E-state index contributed by atoms with van der Waals surface area (Å²) in [5.41, 5.74) is 0. The summed E-state index contributed by atoms with van der Waals surface area (Å²) in [4.78, 5) is 25.7. The number of hydrogen-bond acceptors (Lipinski definition) is 7. The van der Waals surface area contributed by atoms with Crippen LogP contribution < -0.4 is 0 Å². The number of fused-ring (bicyclic) bond motifs is 1. The second-order valence-corrected chi connectivity index (χ2v) is 6.24. The predicted octanol–water partition coefficient (Wildman–Crippen LogP) is 0.992. The Labute approximate surface area is 144 Å². The van der Waals surface area contributed by atoms with Gasteiger partial charge in [0.15, 0.2) is 0 Å². The van der Waals surface area contributed by atoms with Gasteiger partial charge in [-0.3, -0.25) is 9.59 Å². The molecule has 0 amide bonds. The predicted molar refractivity (Wildman–Crippen MR) is 81.8 cm³/mol. The molecule has 4 aliphatic rings. The third-order valence-electron chi connectivity index (χ3n) is 5.67. The molecule has 1 saturated carbocycles. The molecule has 4 atom stereocenters. The summed E-state index contributed by atoms with van der Waals surface area (Å²) >= 11 is 0. The van der Waals surface area contributed by atoms with Gasteiger partial charge < -0.3 is 23.7 Å². The van der Waals surface area contributed by atoms with Crippen molar-refractivity contribution in [3.05, 3.63) is 23.7 Å². The van der Waals surface area contributed by atoms with Gasteiger partial charge >= 0.3 is 0 Å². The van der Waals surface area contributed by atoms with Crippen LogP contribution in [0.25, 0.3) is 0 Å². The minimum Gasteiger partial charge on any atom is -0.501 e. The van der Waals surface area contributed by atoms with Gasteiger partial charge in [-0.05, 0) is 6.08 Å². The van der Waals surface area contributed by atoms with Crippen molar-refractivity contribution in [2.24, 2.45) is 23.7 Å². The van der Waals surface area contributed by atoms with Crippen LogP contribution in [0.3, 0.4) is 0 Å². The number of ketones is 2. The quantitative estimate of drug-likeness (QED) is 0.680. The maximum Gasteiger partial charge on any atom is 0.237 e. The average molecular weight is 356 g/mol. The van der Waals surface area contributed by atoms with Crippen LogP contribution in [-0.4, -0.2) is 58.7 Å². The lowest BCUT2D eigenvalue weighted by molar-refractivity contribution is -0.300. The van der Waals surface area contributed by atoms with E-state index in [1.54, 1.807) is 0 Å². The van der Waals surface area contributed by atoms with Gasteiger partial charge in [-0.25, -0.2) is 4.39 Å². The highest BCUT2D eigenvalue weighted by Gasteiger charge is 2.72. The van der Waals surface area contributed by atoms with Crippen molar-refractivity contribution >= 4 is 11.6 Å². The summed E-state index contributed by atoms with van der Waals surface area (Å²) < 4.78 is 41.7. The van der Waals surface area contributed by atoms with Crippen LogP contribution in [0, 0.1) is 23.7 Å². The first kappa shape index (κ1) is 18.2. The third kappa shape index (κ3) is 1.99. The van der Waals surface area contributed by atoms with Crippen molar-refractivity contribution in [3.63, 3.8) is 0 Å². The molecular formula is C17H21FO7. The van der Waals surface area contributed by atoms with E-state index in [2.05, 4.69) is 0 Å². The number of methoxy groups -OCH3 is 5. The topological polar surface area (TPSA) is 80.3 Å². The summed E-state index contributed by atoms with van der Waals surface area (Å²) in [6, 6.07) is 0. The molecule has 0 heterocycles. The Balaban J connectivity index is 2.29. The van der Waals surface area contributed by atoms with Crippen molar-refractivity contribution in [1.82, 2.24) is 0 Å². The molecule has 0 N–H and O–H groups in total. The van der Waals surface area contributed by atoms with Crippen LogP contribution in [0.1, 0.15) is 0 Å². The summed E-state index contributed by atoms with van der Waals surface area (Å²) in [6.45, 7) is 0. The number of Topliss-reactive ketones (excluding diaryl/α,β-unsaturated/α-hetero) is 1. The Morgan fingerprint density at radius 3 is 2.00 bits per heavy atom. The molecule has 0 aromatic rings. The highest BCUT2D eigenvalue weighted by molar-refractivity contribution is 6.00. The lowest BCUT2D eigenvalue weighted by Crippen LogP contribution is -2.71. The maximum absolute atomic E-state index is 14.7. The van der Waals surface area contributed by atoms with Crippen LogP contribution in [0.2, 0.25) is 0 Å². The Bertz CT molecular complexity index is 660. The molecule has 0 spiro atoms. The van der Waals surface area contributed by atoms with Crippen LogP contribution in [-0.2, 0) is 33.3 Å². The molecule has 2 unspecified atom stereocenters. The van der Waals surface area contributed by atoms with Gasteiger partial charge in [0.1, 0.15) is 11.6 Å². The molecule has 25 heavy (non-hydrogen) atoms.